The van der Waals surface area contributed by atoms with E-state index in [4.69, 9.17) is 11.6 Å². The number of halogens is 1. The average Bonchev–Trinajstić information content (AvgIpc) is 2.43. The van der Waals surface area contributed by atoms with Gasteiger partial charge in [-0.25, -0.2) is 0 Å². The second-order valence-corrected chi connectivity index (χ2v) is 6.27. The summed E-state index contributed by atoms with van der Waals surface area (Å²) in [5, 5.41) is -0.0368. The highest BCUT2D eigenvalue weighted by Gasteiger charge is 2.35. The second kappa shape index (κ2) is 4.49. The van der Waals surface area contributed by atoms with Gasteiger partial charge in [-0.15, -0.1) is 0 Å². The Morgan fingerprint density at radius 2 is 1.38 bits per heavy atom. The Bertz CT molecular complexity index is 915. The van der Waals surface area contributed by atoms with Crippen LogP contribution in [0.2, 0.25) is 5.02 Å². The lowest BCUT2D eigenvalue weighted by Gasteiger charge is -2.20. The highest BCUT2D eigenvalue weighted by molar-refractivity contribution is 7.86. The lowest BCUT2D eigenvalue weighted by atomic mass is 9.84. The molecule has 1 aliphatic rings. The van der Waals surface area contributed by atoms with Crippen molar-refractivity contribution in [2.75, 3.05) is 0 Å². The summed E-state index contributed by atoms with van der Waals surface area (Å²) in [5.41, 5.74) is -0.337. The molecule has 5 nitrogen and oxygen atoms in total. The summed E-state index contributed by atoms with van der Waals surface area (Å²) >= 11 is 5.94. The first-order chi connectivity index (χ1) is 9.82. The summed E-state index contributed by atoms with van der Waals surface area (Å²) in [5.74, 6) is -1.20. The van der Waals surface area contributed by atoms with Gasteiger partial charge in [-0.2, -0.15) is 8.42 Å². The minimum absolute atomic E-state index is 0.0368. The number of hydrogen-bond acceptors (Lipinski definition) is 4. The zero-order valence-corrected chi connectivity index (χ0v) is 11.9. The SMILES string of the molecule is O=C1c2ccccc2C(=O)c2c(S(=O)(=O)O)ccc(Cl)c21. The van der Waals surface area contributed by atoms with Crippen LogP contribution < -0.4 is 0 Å². The molecule has 0 saturated carbocycles. The molecule has 0 saturated heterocycles. The van der Waals surface area contributed by atoms with Crippen molar-refractivity contribution in [2.45, 2.75) is 4.90 Å². The van der Waals surface area contributed by atoms with Gasteiger partial charge in [-0.1, -0.05) is 35.9 Å². The van der Waals surface area contributed by atoms with E-state index in [2.05, 4.69) is 0 Å². The van der Waals surface area contributed by atoms with Crippen molar-refractivity contribution in [3.8, 4) is 0 Å². The maximum atomic E-state index is 12.5. The van der Waals surface area contributed by atoms with Gasteiger partial charge in [0, 0.05) is 11.1 Å². The Labute approximate surface area is 124 Å². The van der Waals surface area contributed by atoms with Crippen LogP contribution in [0.25, 0.3) is 0 Å². The highest BCUT2D eigenvalue weighted by atomic mass is 35.5. The minimum atomic E-state index is -4.65. The van der Waals surface area contributed by atoms with Gasteiger partial charge in [-0.05, 0) is 12.1 Å². The number of hydrogen-bond donors (Lipinski definition) is 1. The smallest absolute Gasteiger partial charge is 0.289 e. The first-order valence-corrected chi connectivity index (χ1v) is 7.62. The monoisotopic (exact) mass is 322 g/mol. The third kappa shape index (κ3) is 1.99. The van der Waals surface area contributed by atoms with E-state index in [1.807, 2.05) is 0 Å². The lowest BCUT2D eigenvalue weighted by Crippen LogP contribution is -2.24. The fraction of sp³-hybridized carbons (Fsp3) is 0. The van der Waals surface area contributed by atoms with Crippen molar-refractivity contribution in [3.05, 3.63) is 63.7 Å². The van der Waals surface area contributed by atoms with E-state index < -0.39 is 26.6 Å². The van der Waals surface area contributed by atoms with Gasteiger partial charge in [0.2, 0.25) is 0 Å². The van der Waals surface area contributed by atoms with Crippen LogP contribution in [0.15, 0.2) is 41.3 Å². The molecule has 1 aliphatic carbocycles. The van der Waals surface area contributed by atoms with E-state index in [1.165, 1.54) is 18.2 Å². The molecule has 0 heterocycles. The molecule has 0 amide bonds. The molecular weight excluding hydrogens is 316 g/mol. The van der Waals surface area contributed by atoms with Gasteiger partial charge in [0.05, 0.1) is 16.1 Å². The van der Waals surface area contributed by atoms with Crippen molar-refractivity contribution in [1.29, 1.82) is 0 Å². The van der Waals surface area contributed by atoms with Crippen LogP contribution in [0.5, 0.6) is 0 Å². The fourth-order valence-electron chi connectivity index (χ4n) is 2.37. The van der Waals surface area contributed by atoms with Gasteiger partial charge in [-0.3, -0.25) is 14.1 Å². The van der Waals surface area contributed by atoms with Crippen LogP contribution in [0, 0.1) is 0 Å². The standard InChI is InChI=1S/C14H7ClO5S/c15-9-5-6-10(21(18,19)20)12-11(9)13(16)7-3-1-2-4-8(7)14(12)17/h1-6H,(H,18,19,20). The van der Waals surface area contributed by atoms with Gasteiger partial charge >= 0.3 is 0 Å². The van der Waals surface area contributed by atoms with E-state index in [0.29, 0.717) is 0 Å². The number of ketones is 2. The highest BCUT2D eigenvalue weighted by Crippen LogP contribution is 2.35. The summed E-state index contributed by atoms with van der Waals surface area (Å²) in [6.07, 6.45) is 0. The van der Waals surface area contributed by atoms with E-state index in [1.54, 1.807) is 12.1 Å². The van der Waals surface area contributed by atoms with Crippen molar-refractivity contribution in [1.82, 2.24) is 0 Å². The normalized spacial score (nSPS) is 13.8. The molecule has 0 aliphatic heterocycles. The Morgan fingerprint density at radius 1 is 0.857 bits per heavy atom. The summed E-state index contributed by atoms with van der Waals surface area (Å²) in [4.78, 5) is 24.3. The predicted octanol–water partition coefficient (Wildman–Crippen LogP) is 2.36. The maximum Gasteiger partial charge on any atom is 0.295 e. The van der Waals surface area contributed by atoms with E-state index >= 15 is 0 Å². The number of carbonyl (C=O) groups excluding carboxylic acids is 2. The Kier molecular flexibility index (Phi) is 2.98. The van der Waals surface area contributed by atoms with Gasteiger partial charge in [0.1, 0.15) is 4.90 Å². The molecule has 7 heteroatoms. The molecule has 21 heavy (non-hydrogen) atoms. The number of fused-ring (bicyclic) bond motifs is 2. The molecule has 0 fully saturated rings. The Morgan fingerprint density at radius 3 is 1.90 bits per heavy atom. The van der Waals surface area contributed by atoms with Crippen LogP contribution >= 0.6 is 11.6 Å². The number of benzene rings is 2. The molecule has 0 unspecified atom stereocenters. The van der Waals surface area contributed by atoms with Crippen LogP contribution in [0.1, 0.15) is 31.8 Å². The topological polar surface area (TPSA) is 88.5 Å². The van der Waals surface area contributed by atoms with Gasteiger partial charge in [0.15, 0.2) is 11.6 Å². The maximum absolute atomic E-state index is 12.5. The first-order valence-electron chi connectivity index (χ1n) is 5.81. The molecule has 3 rings (SSSR count). The third-order valence-corrected chi connectivity index (χ3v) is 4.48. The molecule has 0 radical (unpaired) electrons. The van der Waals surface area contributed by atoms with Crippen LogP contribution in [-0.2, 0) is 10.1 Å². The quantitative estimate of drug-likeness (QED) is 0.695. The summed E-state index contributed by atoms with van der Waals surface area (Å²) < 4.78 is 32.1. The van der Waals surface area contributed by atoms with Crippen molar-refractivity contribution < 1.29 is 22.6 Å². The largest absolute Gasteiger partial charge is 0.295 e. The molecule has 2 aromatic rings. The Balaban J connectivity index is 2.46. The van der Waals surface area contributed by atoms with Gasteiger partial charge < -0.3 is 0 Å². The molecular formula is C14H7ClO5S. The molecule has 0 atom stereocenters. The third-order valence-electron chi connectivity index (χ3n) is 3.26. The second-order valence-electron chi connectivity index (χ2n) is 4.47. The Hall–Kier alpha value is -2.02. The van der Waals surface area contributed by atoms with Crippen LogP contribution in [0.3, 0.4) is 0 Å². The average molecular weight is 323 g/mol. The molecule has 106 valence electrons. The van der Waals surface area contributed by atoms with Crippen LogP contribution in [0.4, 0.5) is 0 Å². The van der Waals surface area contributed by atoms with Crippen molar-refractivity contribution >= 4 is 33.3 Å². The van der Waals surface area contributed by atoms with E-state index in [9.17, 15) is 22.6 Å². The summed E-state index contributed by atoms with van der Waals surface area (Å²) in [7, 11) is -4.65. The minimum Gasteiger partial charge on any atom is -0.289 e. The molecule has 0 bridgehead atoms. The molecule has 0 spiro atoms. The predicted molar refractivity (Wildman–Crippen MR) is 74.6 cm³/mol. The van der Waals surface area contributed by atoms with E-state index in [-0.39, 0.29) is 27.3 Å². The summed E-state index contributed by atoms with van der Waals surface area (Å²) in [6.45, 7) is 0. The number of carbonyl (C=O) groups is 2. The van der Waals surface area contributed by atoms with E-state index in [0.717, 1.165) is 6.07 Å². The zero-order valence-electron chi connectivity index (χ0n) is 10.3. The molecule has 0 aromatic heterocycles. The van der Waals surface area contributed by atoms with Crippen molar-refractivity contribution in [2.24, 2.45) is 0 Å². The lowest BCUT2D eigenvalue weighted by molar-refractivity contribution is 0.0976. The fourth-order valence-corrected chi connectivity index (χ4v) is 3.30. The summed E-state index contributed by atoms with van der Waals surface area (Å²) in [6, 6.07) is 8.22. The van der Waals surface area contributed by atoms with Crippen LogP contribution in [-0.4, -0.2) is 24.5 Å². The van der Waals surface area contributed by atoms with Gasteiger partial charge in [0.25, 0.3) is 10.1 Å². The molecule has 1 N–H and O–H groups in total. The number of rotatable bonds is 1. The zero-order chi connectivity index (χ0) is 15.4. The van der Waals surface area contributed by atoms with Crippen molar-refractivity contribution in [3.63, 3.8) is 0 Å². The molecule has 2 aromatic carbocycles. The first kappa shape index (κ1) is 13.9.